The van der Waals surface area contributed by atoms with E-state index in [0.717, 1.165) is 12.8 Å². The third-order valence-corrected chi connectivity index (χ3v) is 4.65. The number of thiocarbonyl (C=S) groups is 1. The van der Waals surface area contributed by atoms with E-state index < -0.39 is 5.41 Å². The average molecular weight is 268 g/mol. The van der Waals surface area contributed by atoms with Crippen LogP contribution >= 0.6 is 12.2 Å². The van der Waals surface area contributed by atoms with E-state index >= 15 is 0 Å². The van der Waals surface area contributed by atoms with Crippen molar-refractivity contribution in [3.8, 4) is 0 Å². The van der Waals surface area contributed by atoms with E-state index in [9.17, 15) is 9.59 Å². The highest BCUT2D eigenvalue weighted by atomic mass is 32.1. The minimum absolute atomic E-state index is 0.104. The molecule has 0 aromatic carbocycles. The number of imide groups is 1. The van der Waals surface area contributed by atoms with Gasteiger partial charge in [-0.3, -0.25) is 14.5 Å². The van der Waals surface area contributed by atoms with Crippen LogP contribution in [0.15, 0.2) is 0 Å². The fraction of sp³-hybridized carbons (Fsp3) is 0.769. The molecule has 5 heteroatoms. The predicted octanol–water partition coefficient (Wildman–Crippen LogP) is 1.47. The summed E-state index contributed by atoms with van der Waals surface area (Å²) in [5, 5.41) is 0. The van der Waals surface area contributed by atoms with Crippen molar-refractivity contribution in [2.24, 2.45) is 23.0 Å². The van der Waals surface area contributed by atoms with Gasteiger partial charge in [-0.2, -0.15) is 0 Å². The largest absolute Gasteiger partial charge is 0.392 e. The van der Waals surface area contributed by atoms with Crippen LogP contribution in [0.5, 0.6) is 0 Å². The molecule has 4 nitrogen and oxygen atoms in total. The van der Waals surface area contributed by atoms with Gasteiger partial charge in [0.2, 0.25) is 11.8 Å². The van der Waals surface area contributed by atoms with Crippen molar-refractivity contribution >= 4 is 29.0 Å². The summed E-state index contributed by atoms with van der Waals surface area (Å²) >= 11 is 5.05. The van der Waals surface area contributed by atoms with Gasteiger partial charge < -0.3 is 5.73 Å². The fourth-order valence-electron chi connectivity index (χ4n) is 2.58. The lowest BCUT2D eigenvalue weighted by Gasteiger charge is -2.29. The van der Waals surface area contributed by atoms with Gasteiger partial charge >= 0.3 is 0 Å². The van der Waals surface area contributed by atoms with Crippen LogP contribution in [0.3, 0.4) is 0 Å². The monoisotopic (exact) mass is 268 g/mol. The van der Waals surface area contributed by atoms with E-state index in [-0.39, 0.29) is 41.1 Å². The zero-order valence-corrected chi connectivity index (χ0v) is 11.9. The minimum atomic E-state index is -0.602. The highest BCUT2D eigenvalue weighted by Crippen LogP contribution is 2.44. The first-order chi connectivity index (χ1) is 8.29. The maximum atomic E-state index is 12.5. The molecule has 2 N–H and O–H groups in total. The Bertz CT molecular complexity index is 417. The third kappa shape index (κ3) is 1.94. The molecule has 1 aliphatic carbocycles. The number of hydrogen-bond acceptors (Lipinski definition) is 3. The first-order valence-corrected chi connectivity index (χ1v) is 6.85. The normalized spacial score (nSPS) is 30.1. The molecule has 0 aromatic rings. The van der Waals surface area contributed by atoms with Gasteiger partial charge in [0.15, 0.2) is 0 Å². The van der Waals surface area contributed by atoms with Crippen molar-refractivity contribution in [3.05, 3.63) is 0 Å². The fourth-order valence-corrected chi connectivity index (χ4v) is 2.88. The number of carbonyl (C=O) groups is 2. The number of amides is 2. The van der Waals surface area contributed by atoms with Crippen LogP contribution in [0.25, 0.3) is 0 Å². The Labute approximate surface area is 113 Å². The second-order valence-corrected chi connectivity index (χ2v) is 6.47. The van der Waals surface area contributed by atoms with Crippen LogP contribution in [0.4, 0.5) is 0 Å². The summed E-state index contributed by atoms with van der Waals surface area (Å²) in [6.07, 6.45) is 2.27. The number of hydrogen-bond donors (Lipinski definition) is 1. The highest BCUT2D eigenvalue weighted by molar-refractivity contribution is 7.80. The van der Waals surface area contributed by atoms with E-state index in [0.29, 0.717) is 0 Å². The first kappa shape index (κ1) is 13.5. The second kappa shape index (κ2) is 4.30. The zero-order chi connectivity index (χ0) is 13.7. The number of rotatable bonds is 4. The standard InChI is InChI=1S/C13H20N2O2S/c1-7(2)13(3)6-9(16)15(12(13)17)10(11(14)18)8-4-5-8/h7-8,10H,4-6H2,1-3H3,(H2,14,18). The molecule has 100 valence electrons. The molecule has 2 fully saturated rings. The van der Waals surface area contributed by atoms with Gasteiger partial charge in [-0.25, -0.2) is 0 Å². The summed E-state index contributed by atoms with van der Waals surface area (Å²) in [4.78, 5) is 26.3. The van der Waals surface area contributed by atoms with Crippen LogP contribution in [0, 0.1) is 17.3 Å². The van der Waals surface area contributed by atoms with Gasteiger partial charge in [-0.1, -0.05) is 26.1 Å². The molecule has 2 amide bonds. The van der Waals surface area contributed by atoms with Crippen LogP contribution < -0.4 is 5.73 Å². The maximum absolute atomic E-state index is 12.5. The van der Waals surface area contributed by atoms with Gasteiger partial charge in [0.1, 0.15) is 0 Å². The Balaban J connectivity index is 2.31. The average Bonchev–Trinajstić information content (AvgIpc) is 3.03. The number of nitrogens with zero attached hydrogens (tertiary/aromatic N) is 1. The third-order valence-electron chi connectivity index (χ3n) is 4.41. The number of carbonyl (C=O) groups excluding carboxylic acids is 2. The lowest BCUT2D eigenvalue weighted by molar-refractivity contribution is -0.143. The molecule has 2 aliphatic rings. The molecule has 2 rings (SSSR count). The van der Waals surface area contributed by atoms with E-state index in [1.165, 1.54) is 4.90 Å². The molecule has 2 atom stereocenters. The topological polar surface area (TPSA) is 63.4 Å². The quantitative estimate of drug-likeness (QED) is 0.619. The van der Waals surface area contributed by atoms with Crippen molar-refractivity contribution in [2.45, 2.75) is 46.1 Å². The molecule has 1 heterocycles. The number of nitrogens with two attached hydrogens (primary N) is 1. The zero-order valence-electron chi connectivity index (χ0n) is 11.1. The summed E-state index contributed by atoms with van der Waals surface area (Å²) < 4.78 is 0. The van der Waals surface area contributed by atoms with Gasteiger partial charge in [0.05, 0.1) is 16.4 Å². The van der Waals surface area contributed by atoms with Crippen LogP contribution in [0.1, 0.15) is 40.0 Å². The van der Waals surface area contributed by atoms with Crippen LogP contribution in [-0.2, 0) is 9.59 Å². The Kier molecular flexibility index (Phi) is 3.21. The summed E-state index contributed by atoms with van der Waals surface area (Å²) in [6, 6.07) is -0.361. The SMILES string of the molecule is CC(C)C1(C)CC(=O)N(C(C(N)=S)C2CC2)C1=O. The molecular formula is C13H20N2O2S. The van der Waals surface area contributed by atoms with E-state index in [2.05, 4.69) is 0 Å². The Morgan fingerprint density at radius 2 is 2.00 bits per heavy atom. The van der Waals surface area contributed by atoms with E-state index in [4.69, 9.17) is 18.0 Å². The number of likely N-dealkylation sites (tertiary alicyclic amines) is 1. The van der Waals surface area contributed by atoms with Gasteiger partial charge in [-0.15, -0.1) is 0 Å². The van der Waals surface area contributed by atoms with Gasteiger partial charge in [-0.05, 0) is 31.6 Å². The Morgan fingerprint density at radius 3 is 2.33 bits per heavy atom. The molecule has 1 aliphatic heterocycles. The summed E-state index contributed by atoms with van der Waals surface area (Å²) in [7, 11) is 0. The summed E-state index contributed by atoms with van der Waals surface area (Å²) in [5.41, 5.74) is 5.13. The second-order valence-electron chi connectivity index (χ2n) is 6.00. The van der Waals surface area contributed by atoms with Crippen molar-refractivity contribution in [3.63, 3.8) is 0 Å². The molecule has 1 saturated heterocycles. The van der Waals surface area contributed by atoms with E-state index in [1.54, 1.807) is 0 Å². The first-order valence-electron chi connectivity index (χ1n) is 6.45. The minimum Gasteiger partial charge on any atom is -0.392 e. The van der Waals surface area contributed by atoms with Crippen LogP contribution in [-0.4, -0.2) is 27.7 Å². The van der Waals surface area contributed by atoms with E-state index in [1.807, 2.05) is 20.8 Å². The predicted molar refractivity (Wildman–Crippen MR) is 72.7 cm³/mol. The molecule has 1 saturated carbocycles. The van der Waals surface area contributed by atoms with Crippen molar-refractivity contribution in [1.29, 1.82) is 0 Å². The van der Waals surface area contributed by atoms with Crippen molar-refractivity contribution < 1.29 is 9.59 Å². The molecule has 0 radical (unpaired) electrons. The van der Waals surface area contributed by atoms with Crippen molar-refractivity contribution in [1.82, 2.24) is 4.90 Å². The molecule has 0 bridgehead atoms. The summed E-state index contributed by atoms with van der Waals surface area (Å²) in [5.74, 6) is 0.183. The Hall–Kier alpha value is -0.970. The highest BCUT2D eigenvalue weighted by Gasteiger charge is 2.54. The lowest BCUT2D eigenvalue weighted by Crippen LogP contribution is -2.50. The molecule has 0 aromatic heterocycles. The van der Waals surface area contributed by atoms with Gasteiger partial charge in [0, 0.05) is 6.42 Å². The molecule has 0 spiro atoms. The maximum Gasteiger partial charge on any atom is 0.236 e. The molecule has 2 unspecified atom stereocenters. The lowest BCUT2D eigenvalue weighted by atomic mass is 9.78. The smallest absolute Gasteiger partial charge is 0.236 e. The Morgan fingerprint density at radius 1 is 1.44 bits per heavy atom. The van der Waals surface area contributed by atoms with Gasteiger partial charge in [0.25, 0.3) is 0 Å². The van der Waals surface area contributed by atoms with Crippen LogP contribution in [0.2, 0.25) is 0 Å². The molecular weight excluding hydrogens is 248 g/mol. The van der Waals surface area contributed by atoms with Crippen molar-refractivity contribution in [2.75, 3.05) is 0 Å². The molecule has 18 heavy (non-hydrogen) atoms. The summed E-state index contributed by atoms with van der Waals surface area (Å²) in [6.45, 7) is 5.81.